The second-order valence-electron chi connectivity index (χ2n) is 6.48. The number of hydrogen-bond donors (Lipinski definition) is 1. The highest BCUT2D eigenvalue weighted by molar-refractivity contribution is 7.91. The number of benzene rings is 2. The summed E-state index contributed by atoms with van der Waals surface area (Å²) >= 11 is 0. The van der Waals surface area contributed by atoms with Crippen LogP contribution in [-0.2, 0) is 21.2 Å². The van der Waals surface area contributed by atoms with E-state index < -0.39 is 9.84 Å². The van der Waals surface area contributed by atoms with Crippen LogP contribution < -0.4 is 5.32 Å². The molecule has 1 atom stereocenters. The number of fused-ring (bicyclic) bond motifs is 1. The molecule has 1 saturated heterocycles. The molecule has 5 nitrogen and oxygen atoms in total. The Balaban J connectivity index is 1.59. The quantitative estimate of drug-likeness (QED) is 0.893. The van der Waals surface area contributed by atoms with E-state index in [1.807, 2.05) is 30.1 Å². The Hall–Kier alpha value is -1.92. The van der Waals surface area contributed by atoms with Crippen molar-refractivity contribution in [1.82, 2.24) is 10.2 Å². The van der Waals surface area contributed by atoms with Gasteiger partial charge in [0.25, 0.3) is 0 Å². The van der Waals surface area contributed by atoms with E-state index in [0.717, 1.165) is 0 Å². The fourth-order valence-corrected chi connectivity index (χ4v) is 4.88. The number of hydrogen-bond acceptors (Lipinski definition) is 4. The Morgan fingerprint density at radius 3 is 2.71 bits per heavy atom. The first-order valence-corrected chi connectivity index (χ1v) is 9.90. The number of rotatable bonds is 5. The van der Waals surface area contributed by atoms with Gasteiger partial charge in [-0.15, -0.1) is 0 Å². The minimum Gasteiger partial charge on any atom is -0.351 e. The summed E-state index contributed by atoms with van der Waals surface area (Å²) in [6.07, 6.45) is 0.515. The molecular weight excluding hydrogens is 324 g/mol. The molecule has 1 heterocycles. The average Bonchev–Trinajstić information content (AvgIpc) is 2.86. The van der Waals surface area contributed by atoms with Gasteiger partial charge in [-0.1, -0.05) is 42.5 Å². The summed E-state index contributed by atoms with van der Waals surface area (Å²) in [5.41, 5.74) is 1.17. The van der Waals surface area contributed by atoms with E-state index in [4.69, 9.17) is 0 Å². The van der Waals surface area contributed by atoms with Crippen molar-refractivity contribution in [3.8, 4) is 0 Å². The van der Waals surface area contributed by atoms with Gasteiger partial charge in [-0.3, -0.25) is 9.69 Å². The van der Waals surface area contributed by atoms with E-state index in [0.29, 0.717) is 13.0 Å². The lowest BCUT2D eigenvalue weighted by molar-refractivity contribution is -0.122. The SMILES string of the molecule is CN(CC(=O)N[C@@H]1CCS(=O)(=O)C1)Cc1cccc2ccccc12. The average molecular weight is 346 g/mol. The highest BCUT2D eigenvalue weighted by Crippen LogP contribution is 2.19. The minimum atomic E-state index is -2.97. The first-order chi connectivity index (χ1) is 11.4. The molecule has 1 aliphatic heterocycles. The number of sulfone groups is 1. The van der Waals surface area contributed by atoms with Crippen molar-refractivity contribution in [3.63, 3.8) is 0 Å². The monoisotopic (exact) mass is 346 g/mol. The van der Waals surface area contributed by atoms with Crippen LogP contribution in [0, 0.1) is 0 Å². The number of nitrogens with one attached hydrogen (secondary N) is 1. The number of nitrogens with zero attached hydrogens (tertiary/aromatic N) is 1. The van der Waals surface area contributed by atoms with Gasteiger partial charge in [0.05, 0.1) is 18.1 Å². The van der Waals surface area contributed by atoms with Crippen molar-refractivity contribution in [2.75, 3.05) is 25.1 Å². The maximum absolute atomic E-state index is 12.1. The number of carbonyl (C=O) groups excluding carboxylic acids is 1. The summed E-state index contributed by atoms with van der Waals surface area (Å²) in [4.78, 5) is 14.1. The van der Waals surface area contributed by atoms with E-state index in [9.17, 15) is 13.2 Å². The smallest absolute Gasteiger partial charge is 0.234 e. The molecular formula is C18H22N2O3S. The molecule has 0 saturated carbocycles. The molecule has 1 aliphatic rings. The fourth-order valence-electron chi connectivity index (χ4n) is 3.20. The van der Waals surface area contributed by atoms with Gasteiger partial charge in [0.2, 0.25) is 5.91 Å². The summed E-state index contributed by atoms with van der Waals surface area (Å²) in [6.45, 7) is 0.914. The lowest BCUT2D eigenvalue weighted by atomic mass is 10.0. The first kappa shape index (κ1) is 16.9. The molecule has 1 amide bonds. The molecule has 0 spiro atoms. The van der Waals surface area contributed by atoms with Crippen molar-refractivity contribution in [2.24, 2.45) is 0 Å². The van der Waals surface area contributed by atoms with Crippen molar-refractivity contribution < 1.29 is 13.2 Å². The van der Waals surface area contributed by atoms with E-state index in [-0.39, 0.29) is 30.0 Å². The van der Waals surface area contributed by atoms with Crippen LogP contribution in [0.15, 0.2) is 42.5 Å². The fraction of sp³-hybridized carbons (Fsp3) is 0.389. The van der Waals surface area contributed by atoms with Crippen LogP contribution in [0.5, 0.6) is 0 Å². The van der Waals surface area contributed by atoms with Crippen LogP contribution in [-0.4, -0.2) is 50.4 Å². The molecule has 2 aromatic rings. The highest BCUT2D eigenvalue weighted by Gasteiger charge is 2.28. The van der Waals surface area contributed by atoms with Gasteiger partial charge in [0.15, 0.2) is 9.84 Å². The maximum Gasteiger partial charge on any atom is 0.234 e. The van der Waals surface area contributed by atoms with Crippen molar-refractivity contribution in [1.29, 1.82) is 0 Å². The minimum absolute atomic E-state index is 0.0613. The number of carbonyl (C=O) groups is 1. The van der Waals surface area contributed by atoms with Gasteiger partial charge in [0.1, 0.15) is 0 Å². The maximum atomic E-state index is 12.1. The van der Waals surface area contributed by atoms with E-state index in [2.05, 4.69) is 29.6 Å². The molecule has 24 heavy (non-hydrogen) atoms. The lowest BCUT2D eigenvalue weighted by Crippen LogP contribution is -2.41. The lowest BCUT2D eigenvalue weighted by Gasteiger charge is -2.19. The molecule has 1 N–H and O–H groups in total. The molecule has 1 fully saturated rings. The zero-order valence-corrected chi connectivity index (χ0v) is 14.6. The first-order valence-electron chi connectivity index (χ1n) is 8.08. The van der Waals surface area contributed by atoms with Gasteiger partial charge < -0.3 is 5.32 Å². The zero-order chi connectivity index (χ0) is 17.2. The van der Waals surface area contributed by atoms with E-state index >= 15 is 0 Å². The molecule has 3 rings (SSSR count). The second kappa shape index (κ2) is 6.91. The molecule has 0 aliphatic carbocycles. The van der Waals surface area contributed by atoms with Crippen molar-refractivity contribution in [3.05, 3.63) is 48.0 Å². The molecule has 0 aromatic heterocycles. The number of likely N-dealkylation sites (N-methyl/N-ethyl adjacent to an activating group) is 1. The van der Waals surface area contributed by atoms with Crippen molar-refractivity contribution >= 4 is 26.5 Å². The van der Waals surface area contributed by atoms with Crippen LogP contribution in [0.2, 0.25) is 0 Å². The van der Waals surface area contributed by atoms with Crippen LogP contribution in [0.3, 0.4) is 0 Å². The van der Waals surface area contributed by atoms with Crippen LogP contribution >= 0.6 is 0 Å². The number of amides is 1. The predicted octanol–water partition coefficient (Wildman–Crippen LogP) is 1.57. The normalized spacial score (nSPS) is 19.7. The van der Waals surface area contributed by atoms with E-state index in [1.54, 1.807) is 0 Å². The zero-order valence-electron chi connectivity index (χ0n) is 13.7. The van der Waals surface area contributed by atoms with E-state index in [1.165, 1.54) is 16.3 Å². The summed E-state index contributed by atoms with van der Waals surface area (Å²) in [7, 11) is -1.08. The third kappa shape index (κ3) is 4.13. The molecule has 6 heteroatoms. The Kier molecular flexibility index (Phi) is 4.87. The Morgan fingerprint density at radius 2 is 1.96 bits per heavy atom. The summed E-state index contributed by atoms with van der Waals surface area (Å²) in [5, 5.41) is 5.20. The molecule has 0 unspecified atom stereocenters. The Bertz CT molecular complexity index is 843. The molecule has 0 radical (unpaired) electrons. The van der Waals surface area contributed by atoms with Gasteiger partial charge in [-0.2, -0.15) is 0 Å². The summed E-state index contributed by atoms with van der Waals surface area (Å²) in [5.74, 6) is 0.107. The molecule has 2 aromatic carbocycles. The van der Waals surface area contributed by atoms with Gasteiger partial charge in [0, 0.05) is 12.6 Å². The third-order valence-electron chi connectivity index (χ3n) is 4.33. The standard InChI is InChI=1S/C18H22N2O3S/c1-20(12-18(21)19-16-9-10-24(22,23)13-16)11-15-7-4-6-14-5-2-3-8-17(14)15/h2-8,16H,9-13H2,1H3,(H,19,21)/t16-/m1/s1. The van der Waals surface area contributed by atoms with Gasteiger partial charge in [-0.05, 0) is 29.8 Å². The predicted molar refractivity (Wildman–Crippen MR) is 95.5 cm³/mol. The largest absolute Gasteiger partial charge is 0.351 e. The van der Waals surface area contributed by atoms with Crippen molar-refractivity contribution in [2.45, 2.75) is 19.0 Å². The Labute approximate surface area is 142 Å². The Morgan fingerprint density at radius 1 is 1.21 bits per heavy atom. The van der Waals surface area contributed by atoms with Crippen LogP contribution in [0.1, 0.15) is 12.0 Å². The highest BCUT2D eigenvalue weighted by atomic mass is 32.2. The van der Waals surface area contributed by atoms with Crippen LogP contribution in [0.25, 0.3) is 10.8 Å². The topological polar surface area (TPSA) is 66.5 Å². The molecule has 0 bridgehead atoms. The van der Waals surface area contributed by atoms with Crippen LogP contribution in [0.4, 0.5) is 0 Å². The summed E-state index contributed by atoms with van der Waals surface area (Å²) in [6, 6.07) is 14.1. The third-order valence-corrected chi connectivity index (χ3v) is 6.10. The summed E-state index contributed by atoms with van der Waals surface area (Å²) < 4.78 is 22.9. The van der Waals surface area contributed by atoms with Gasteiger partial charge >= 0.3 is 0 Å². The van der Waals surface area contributed by atoms with Gasteiger partial charge in [-0.25, -0.2) is 8.42 Å². The molecule has 128 valence electrons. The second-order valence-corrected chi connectivity index (χ2v) is 8.71.